The molecule has 210 valence electrons. The minimum absolute atomic E-state index is 0.0224. The maximum atomic E-state index is 13.9. The molecule has 2 aliphatic rings. The van der Waals surface area contributed by atoms with Crippen molar-refractivity contribution in [2.24, 2.45) is 10.9 Å². The van der Waals surface area contributed by atoms with Gasteiger partial charge in [0.05, 0.1) is 26.4 Å². The number of aliphatic imine (C=N–C) groups is 1. The van der Waals surface area contributed by atoms with Gasteiger partial charge in [-0.05, 0) is 18.4 Å². The first-order chi connectivity index (χ1) is 18.7. The predicted molar refractivity (Wildman–Crippen MR) is 145 cm³/mol. The Hall–Kier alpha value is -3.09. The number of rotatable bonds is 11. The average Bonchev–Trinajstić information content (AvgIpc) is 3.52. The van der Waals surface area contributed by atoms with Crippen LogP contribution in [0.2, 0.25) is 5.02 Å². The quantitative estimate of drug-likeness (QED) is 0.382. The van der Waals surface area contributed by atoms with Gasteiger partial charge in [0.1, 0.15) is 28.1 Å². The molecule has 4 rings (SSSR count). The number of benzene rings is 1. The van der Waals surface area contributed by atoms with Crippen molar-refractivity contribution >= 4 is 41.1 Å². The Morgan fingerprint density at radius 3 is 2.72 bits per heavy atom. The fourth-order valence-corrected chi connectivity index (χ4v) is 5.39. The van der Waals surface area contributed by atoms with Crippen molar-refractivity contribution < 1.29 is 38.2 Å². The molecule has 0 saturated heterocycles. The van der Waals surface area contributed by atoms with Gasteiger partial charge in [-0.1, -0.05) is 23.7 Å². The number of carbonyl (C=O) groups is 2. The number of allylic oxidation sites excluding steroid dienone is 1. The molecule has 0 bridgehead atoms. The van der Waals surface area contributed by atoms with E-state index in [0.29, 0.717) is 25.3 Å². The lowest BCUT2D eigenvalue weighted by molar-refractivity contribution is -0.118. The van der Waals surface area contributed by atoms with Crippen LogP contribution in [-0.2, 0) is 16.0 Å². The summed E-state index contributed by atoms with van der Waals surface area (Å²) in [6.07, 6.45) is 4.16. The van der Waals surface area contributed by atoms with E-state index in [9.17, 15) is 14.7 Å². The van der Waals surface area contributed by atoms with Crippen LogP contribution >= 0.6 is 23.4 Å². The second-order valence-corrected chi connectivity index (χ2v) is 10.5. The second-order valence-electron chi connectivity index (χ2n) is 9.12. The van der Waals surface area contributed by atoms with Crippen LogP contribution in [0.5, 0.6) is 17.2 Å². The van der Waals surface area contributed by atoms with Crippen molar-refractivity contribution in [3.05, 3.63) is 39.7 Å². The maximum absolute atomic E-state index is 13.9. The molecule has 0 radical (unpaired) electrons. The Balaban J connectivity index is 1.75. The lowest BCUT2D eigenvalue weighted by Gasteiger charge is -2.36. The van der Waals surface area contributed by atoms with E-state index in [1.165, 1.54) is 26.5 Å². The third kappa shape index (κ3) is 5.12. The summed E-state index contributed by atoms with van der Waals surface area (Å²) in [6, 6.07) is 0.908. The highest BCUT2D eigenvalue weighted by atomic mass is 35.5. The van der Waals surface area contributed by atoms with Gasteiger partial charge < -0.3 is 28.6 Å². The molecular formula is C26H30ClN3O8S. The number of hydrogen-bond donors (Lipinski definition) is 1. The molecule has 39 heavy (non-hydrogen) atoms. The van der Waals surface area contributed by atoms with Gasteiger partial charge in [0.2, 0.25) is 11.4 Å². The zero-order valence-corrected chi connectivity index (χ0v) is 23.9. The zero-order chi connectivity index (χ0) is 28.3. The topological polar surface area (TPSA) is 143 Å². The number of methoxy groups -OCH3 is 3. The summed E-state index contributed by atoms with van der Waals surface area (Å²) in [5.41, 5.74) is -1.95. The predicted octanol–water partition coefficient (Wildman–Crippen LogP) is 4.23. The zero-order valence-electron chi connectivity index (χ0n) is 22.3. The van der Waals surface area contributed by atoms with Gasteiger partial charge in [-0.2, -0.15) is 16.7 Å². The molecule has 1 aliphatic heterocycles. The van der Waals surface area contributed by atoms with Gasteiger partial charge in [-0.15, -0.1) is 0 Å². The maximum Gasteiger partial charge on any atom is 0.251 e. The van der Waals surface area contributed by atoms with Crippen LogP contribution in [-0.4, -0.2) is 78.6 Å². The van der Waals surface area contributed by atoms with Crippen molar-refractivity contribution in [1.29, 1.82) is 0 Å². The molecule has 1 spiro atoms. The van der Waals surface area contributed by atoms with Crippen molar-refractivity contribution in [3.63, 3.8) is 0 Å². The lowest BCUT2D eigenvalue weighted by Crippen LogP contribution is -2.52. The summed E-state index contributed by atoms with van der Waals surface area (Å²) in [5, 5.41) is 15.5. The Labute approximate surface area is 234 Å². The summed E-state index contributed by atoms with van der Waals surface area (Å²) in [7, 11) is 4.40. The Morgan fingerprint density at radius 1 is 1.31 bits per heavy atom. The van der Waals surface area contributed by atoms with Crippen LogP contribution in [0.25, 0.3) is 0 Å². The van der Waals surface area contributed by atoms with E-state index in [1.807, 2.05) is 6.26 Å². The van der Waals surface area contributed by atoms with Gasteiger partial charge in [-0.25, -0.2) is 0 Å². The monoisotopic (exact) mass is 579 g/mol. The second kappa shape index (κ2) is 12.0. The van der Waals surface area contributed by atoms with Crippen molar-refractivity contribution in [1.82, 2.24) is 10.1 Å². The number of ether oxygens (including phenoxy) is 4. The fourth-order valence-electron chi connectivity index (χ4n) is 4.67. The third-order valence-corrected chi connectivity index (χ3v) is 7.79. The molecule has 0 saturated carbocycles. The van der Waals surface area contributed by atoms with Gasteiger partial charge >= 0.3 is 0 Å². The highest BCUT2D eigenvalue weighted by Gasteiger charge is 2.60. The van der Waals surface area contributed by atoms with Gasteiger partial charge in [-0.3, -0.25) is 14.6 Å². The van der Waals surface area contributed by atoms with Crippen molar-refractivity contribution in [2.45, 2.75) is 37.8 Å². The van der Waals surface area contributed by atoms with Gasteiger partial charge in [0.15, 0.2) is 23.1 Å². The van der Waals surface area contributed by atoms with Crippen LogP contribution < -0.4 is 14.2 Å². The summed E-state index contributed by atoms with van der Waals surface area (Å²) < 4.78 is 27.3. The minimum Gasteiger partial charge on any atom is -0.507 e. The van der Waals surface area contributed by atoms with E-state index in [4.69, 9.17) is 35.1 Å². The molecule has 1 unspecified atom stereocenters. The SMILES string of the molecule is COCCc1noc(C(CCSC)N=CC2=C(O)[C@@]3(Oc4c(Cl)c(OC)cc(OC)c4C3=O)[C@H](C)CC2=O)n1. The van der Waals surface area contributed by atoms with E-state index < -0.39 is 29.1 Å². The molecule has 3 atom stereocenters. The molecular weight excluding hydrogens is 550 g/mol. The number of ketones is 2. The lowest BCUT2D eigenvalue weighted by atomic mass is 9.73. The average molecular weight is 580 g/mol. The minimum atomic E-state index is -1.88. The first kappa shape index (κ1) is 28.9. The highest BCUT2D eigenvalue weighted by molar-refractivity contribution is 7.98. The molecule has 0 amide bonds. The molecule has 2 aromatic rings. The number of aliphatic hydroxyl groups excluding tert-OH is 1. The summed E-state index contributed by atoms with van der Waals surface area (Å²) in [4.78, 5) is 35.9. The summed E-state index contributed by atoms with van der Waals surface area (Å²) >= 11 is 8.10. The van der Waals surface area contributed by atoms with Crippen LogP contribution in [0.4, 0.5) is 0 Å². The molecule has 13 heteroatoms. The molecule has 11 nitrogen and oxygen atoms in total. The summed E-state index contributed by atoms with van der Waals surface area (Å²) in [5.74, 6) is -0.271. The largest absolute Gasteiger partial charge is 0.507 e. The first-order valence-corrected chi connectivity index (χ1v) is 14.0. The number of aromatic nitrogens is 2. The van der Waals surface area contributed by atoms with Crippen LogP contribution in [0.3, 0.4) is 0 Å². The van der Waals surface area contributed by atoms with Crippen molar-refractivity contribution in [2.75, 3.05) is 39.9 Å². The Morgan fingerprint density at radius 2 is 2.05 bits per heavy atom. The van der Waals surface area contributed by atoms with E-state index >= 15 is 0 Å². The number of thioether (sulfide) groups is 1. The van der Waals surface area contributed by atoms with Crippen LogP contribution in [0, 0.1) is 5.92 Å². The Kier molecular flexibility index (Phi) is 8.87. The molecule has 1 aliphatic carbocycles. The van der Waals surface area contributed by atoms with Gasteiger partial charge in [0.25, 0.3) is 5.89 Å². The molecule has 1 aromatic heterocycles. The number of aliphatic hydroxyl groups is 1. The van der Waals surface area contributed by atoms with Gasteiger partial charge in [0, 0.05) is 38.2 Å². The highest BCUT2D eigenvalue weighted by Crippen LogP contribution is 2.54. The van der Waals surface area contributed by atoms with E-state index in [1.54, 1.807) is 25.8 Å². The van der Waals surface area contributed by atoms with E-state index in [-0.39, 0.29) is 51.5 Å². The molecule has 1 N–H and O–H groups in total. The number of Topliss-reactive ketones (excluding diaryl/α,β-unsaturated/α-hetero) is 2. The smallest absolute Gasteiger partial charge is 0.251 e. The number of fused-ring (bicyclic) bond motifs is 1. The molecule has 0 fully saturated rings. The number of carbonyl (C=O) groups excluding carboxylic acids is 2. The summed E-state index contributed by atoms with van der Waals surface area (Å²) in [6.45, 7) is 2.09. The first-order valence-electron chi connectivity index (χ1n) is 12.2. The van der Waals surface area contributed by atoms with E-state index in [0.717, 1.165) is 5.75 Å². The standard InChI is InChI=1S/C26H30ClN3O8S/c1-13-10-16(31)14(12-28-15(7-9-39-5)25-29-19(30-38-25)6-8-34-2)23(32)26(13)24(33)20-17(35-3)11-18(36-4)21(27)22(20)37-26/h11-13,15,32H,6-10H2,1-5H3/t13-,15?,26+/m1/s1. The number of halogens is 1. The Bertz CT molecular complexity index is 1330. The molecule has 1 aromatic carbocycles. The third-order valence-electron chi connectivity index (χ3n) is 6.79. The van der Waals surface area contributed by atoms with Crippen LogP contribution in [0.15, 0.2) is 26.9 Å². The number of nitrogens with zero attached hydrogens (tertiary/aromatic N) is 3. The van der Waals surface area contributed by atoms with E-state index in [2.05, 4.69) is 15.1 Å². The van der Waals surface area contributed by atoms with Crippen molar-refractivity contribution in [3.8, 4) is 17.2 Å². The van der Waals surface area contributed by atoms with Crippen LogP contribution in [0.1, 0.15) is 47.9 Å². The fraction of sp³-hybridized carbons (Fsp3) is 0.500. The normalized spacial score (nSPS) is 21.5. The number of hydrogen-bond acceptors (Lipinski definition) is 12. The molecule has 2 heterocycles.